The Morgan fingerprint density at radius 1 is 1.00 bits per heavy atom. The van der Waals surface area contributed by atoms with Crippen LogP contribution in [0.3, 0.4) is 0 Å². The summed E-state index contributed by atoms with van der Waals surface area (Å²) in [4.78, 5) is 17.9. The summed E-state index contributed by atoms with van der Waals surface area (Å²) in [5, 5.41) is 7.65. The van der Waals surface area contributed by atoms with Gasteiger partial charge in [0.25, 0.3) is 5.91 Å². The summed E-state index contributed by atoms with van der Waals surface area (Å²) in [6.45, 7) is 2.97. The molecule has 184 valence electrons. The third kappa shape index (κ3) is 4.29. The molecule has 35 heavy (non-hydrogen) atoms. The number of hydrogen-bond donors (Lipinski definition) is 1. The van der Waals surface area contributed by atoms with Crippen molar-refractivity contribution in [2.75, 3.05) is 24.5 Å². The van der Waals surface area contributed by atoms with Crippen LogP contribution in [0.1, 0.15) is 66.9 Å². The summed E-state index contributed by atoms with van der Waals surface area (Å²) in [7, 11) is 0. The van der Waals surface area contributed by atoms with Crippen LogP contribution in [0.4, 0.5) is 14.5 Å². The lowest BCUT2D eigenvalue weighted by molar-refractivity contribution is 0.0767. The number of amides is 1. The van der Waals surface area contributed by atoms with Crippen LogP contribution >= 0.6 is 0 Å². The Labute approximate surface area is 203 Å². The van der Waals surface area contributed by atoms with Crippen molar-refractivity contribution in [3.63, 3.8) is 0 Å². The fourth-order valence-corrected chi connectivity index (χ4v) is 6.28. The molecule has 8 heteroatoms. The minimum absolute atomic E-state index is 0.0967. The molecule has 3 atom stereocenters. The van der Waals surface area contributed by atoms with Crippen molar-refractivity contribution >= 4 is 17.1 Å². The van der Waals surface area contributed by atoms with Crippen LogP contribution in [-0.4, -0.2) is 52.1 Å². The quantitative estimate of drug-likeness (QED) is 0.589. The molecule has 2 aromatic heterocycles. The van der Waals surface area contributed by atoms with Crippen molar-refractivity contribution in [2.24, 2.45) is 0 Å². The molecule has 0 aliphatic carbocycles. The number of aromatic nitrogens is 2. The van der Waals surface area contributed by atoms with Gasteiger partial charge in [-0.25, -0.2) is 13.3 Å². The Hall–Kier alpha value is -3.00. The van der Waals surface area contributed by atoms with E-state index in [2.05, 4.69) is 20.2 Å². The average Bonchev–Trinajstić information content (AvgIpc) is 3.52. The Bertz CT molecular complexity index is 1240. The Morgan fingerprint density at radius 3 is 2.83 bits per heavy atom. The fraction of sp³-hybridized carbons (Fsp3) is 0.481. The van der Waals surface area contributed by atoms with Gasteiger partial charge in [-0.3, -0.25) is 4.79 Å². The van der Waals surface area contributed by atoms with Gasteiger partial charge in [0.2, 0.25) is 0 Å². The fourth-order valence-electron chi connectivity index (χ4n) is 6.28. The zero-order valence-electron chi connectivity index (χ0n) is 19.8. The summed E-state index contributed by atoms with van der Waals surface area (Å²) in [5.74, 6) is -0.920. The van der Waals surface area contributed by atoms with Crippen LogP contribution in [0.15, 0.2) is 42.7 Å². The van der Waals surface area contributed by atoms with Gasteiger partial charge in [-0.05, 0) is 75.4 Å². The van der Waals surface area contributed by atoms with E-state index in [1.54, 1.807) is 10.7 Å². The van der Waals surface area contributed by atoms with Crippen LogP contribution in [0.25, 0.3) is 5.52 Å². The van der Waals surface area contributed by atoms with Crippen LogP contribution in [0.5, 0.6) is 0 Å². The van der Waals surface area contributed by atoms with E-state index in [-0.39, 0.29) is 18.0 Å². The van der Waals surface area contributed by atoms with Crippen LogP contribution < -0.4 is 10.2 Å². The van der Waals surface area contributed by atoms with E-state index >= 15 is 0 Å². The number of pyridine rings is 1. The number of anilines is 1. The molecular formula is C27H31F2N5O. The Kier molecular flexibility index (Phi) is 5.92. The molecular weight excluding hydrogens is 448 g/mol. The molecule has 3 aromatic rings. The molecule has 3 saturated heterocycles. The number of rotatable bonds is 4. The van der Waals surface area contributed by atoms with Gasteiger partial charge in [0.1, 0.15) is 11.6 Å². The van der Waals surface area contributed by atoms with E-state index in [0.717, 1.165) is 56.0 Å². The van der Waals surface area contributed by atoms with Crippen molar-refractivity contribution in [3.8, 4) is 0 Å². The molecule has 6 nitrogen and oxygen atoms in total. The van der Waals surface area contributed by atoms with Crippen LogP contribution in [0, 0.1) is 11.6 Å². The molecule has 6 rings (SSSR count). The summed E-state index contributed by atoms with van der Waals surface area (Å²) < 4.78 is 30.1. The minimum Gasteiger partial charge on any atom is -0.364 e. The monoisotopic (exact) mass is 479 g/mol. The summed E-state index contributed by atoms with van der Waals surface area (Å²) in [5.41, 5.74) is 2.53. The number of nitrogens with one attached hydrogen (secondary N) is 1. The average molecular weight is 480 g/mol. The summed E-state index contributed by atoms with van der Waals surface area (Å²) in [6.07, 6.45) is 10.8. The highest BCUT2D eigenvalue weighted by Crippen LogP contribution is 2.38. The molecule has 1 N–H and O–H groups in total. The maximum Gasteiger partial charge on any atom is 0.255 e. The first kappa shape index (κ1) is 22.5. The molecule has 3 fully saturated rings. The van der Waals surface area contributed by atoms with Gasteiger partial charge in [-0.1, -0.05) is 6.42 Å². The number of hydrogen-bond acceptors (Lipinski definition) is 4. The van der Waals surface area contributed by atoms with Crippen molar-refractivity contribution in [1.29, 1.82) is 0 Å². The molecule has 3 aliphatic rings. The summed E-state index contributed by atoms with van der Waals surface area (Å²) >= 11 is 0. The Balaban J connectivity index is 1.23. The molecule has 2 unspecified atom stereocenters. The predicted molar refractivity (Wildman–Crippen MR) is 131 cm³/mol. The van der Waals surface area contributed by atoms with Gasteiger partial charge < -0.3 is 15.1 Å². The van der Waals surface area contributed by atoms with E-state index in [4.69, 9.17) is 0 Å². The van der Waals surface area contributed by atoms with Crippen molar-refractivity contribution in [2.45, 2.75) is 63.1 Å². The highest BCUT2D eigenvalue weighted by Gasteiger charge is 2.32. The first-order valence-electron chi connectivity index (χ1n) is 12.8. The molecule has 1 aromatic carbocycles. The lowest BCUT2D eigenvalue weighted by Gasteiger charge is -2.42. The topological polar surface area (TPSA) is 52.9 Å². The molecule has 0 saturated carbocycles. The van der Waals surface area contributed by atoms with Gasteiger partial charge in [-0.2, -0.15) is 5.10 Å². The third-order valence-corrected chi connectivity index (χ3v) is 8.06. The lowest BCUT2D eigenvalue weighted by Crippen LogP contribution is -2.51. The highest BCUT2D eigenvalue weighted by atomic mass is 19.1. The molecule has 1 amide bonds. The van der Waals surface area contributed by atoms with Crippen molar-refractivity contribution in [1.82, 2.24) is 19.8 Å². The van der Waals surface area contributed by atoms with E-state index in [1.165, 1.54) is 37.9 Å². The number of carbonyl (C=O) groups is 1. The number of nitrogens with zero attached hydrogens (tertiary/aromatic N) is 4. The number of fused-ring (bicyclic) bond motifs is 2. The van der Waals surface area contributed by atoms with Gasteiger partial charge in [-0.15, -0.1) is 0 Å². The smallest absolute Gasteiger partial charge is 0.255 e. The largest absolute Gasteiger partial charge is 0.364 e. The van der Waals surface area contributed by atoms with Gasteiger partial charge >= 0.3 is 0 Å². The van der Waals surface area contributed by atoms with Crippen LogP contribution in [0.2, 0.25) is 0 Å². The van der Waals surface area contributed by atoms with Gasteiger partial charge in [0.05, 0.1) is 23.3 Å². The van der Waals surface area contributed by atoms with Gasteiger partial charge in [0.15, 0.2) is 0 Å². The number of benzene rings is 1. The first-order chi connectivity index (χ1) is 17.1. The van der Waals surface area contributed by atoms with Crippen molar-refractivity contribution in [3.05, 3.63) is 65.5 Å². The Morgan fingerprint density at radius 2 is 1.91 bits per heavy atom. The second-order valence-corrected chi connectivity index (χ2v) is 10.2. The lowest BCUT2D eigenvalue weighted by atomic mass is 9.90. The maximum atomic E-state index is 14.5. The predicted octanol–water partition coefficient (Wildman–Crippen LogP) is 4.70. The standard InChI is InChI=1S/C27H31F2N5O/c28-18-6-7-24(29)22(14-18)25-5-3-11-33(25)21-9-13-34-26(16-21)23(17-30-34)27(35)31-19-8-12-32-10-2-1-4-20(32)15-19/h6-7,9,13-14,16-17,19-20,25H,1-5,8,10-12,15H2,(H,31,35)/t19?,20?,25-/m1/s1. The first-order valence-corrected chi connectivity index (χ1v) is 12.8. The van der Waals surface area contributed by atoms with E-state index < -0.39 is 11.6 Å². The third-order valence-electron chi connectivity index (χ3n) is 8.06. The minimum atomic E-state index is -0.433. The van der Waals surface area contributed by atoms with E-state index in [1.807, 2.05) is 18.3 Å². The van der Waals surface area contributed by atoms with Crippen LogP contribution in [-0.2, 0) is 0 Å². The van der Waals surface area contributed by atoms with Gasteiger partial charge in [0, 0.05) is 42.6 Å². The number of piperidine rings is 2. The molecule has 0 spiro atoms. The number of halogens is 2. The maximum absolute atomic E-state index is 14.5. The zero-order valence-corrected chi connectivity index (χ0v) is 19.8. The second-order valence-electron chi connectivity index (χ2n) is 10.2. The zero-order chi connectivity index (χ0) is 23.9. The van der Waals surface area contributed by atoms with E-state index in [9.17, 15) is 13.6 Å². The molecule has 0 radical (unpaired) electrons. The molecule has 0 bridgehead atoms. The SMILES string of the molecule is O=C(NC1CCN2CCCCC2C1)c1cnn2ccc(N3CCC[C@@H]3c3cc(F)ccc3F)cc12. The van der Waals surface area contributed by atoms with Crippen molar-refractivity contribution < 1.29 is 13.6 Å². The molecule has 5 heterocycles. The summed E-state index contributed by atoms with van der Waals surface area (Å²) in [6, 6.07) is 8.03. The van der Waals surface area contributed by atoms with E-state index in [0.29, 0.717) is 17.2 Å². The number of carbonyl (C=O) groups excluding carboxylic acids is 1. The molecule has 3 aliphatic heterocycles. The normalized spacial score (nSPS) is 25.1. The second kappa shape index (κ2) is 9.22. The highest BCUT2D eigenvalue weighted by molar-refractivity contribution is 6.01.